The molecule has 0 amide bonds. The Morgan fingerprint density at radius 2 is 1.73 bits per heavy atom. The largest absolute Gasteiger partial charge is 0.393 e. The average molecular weight is 308 g/mol. The highest BCUT2D eigenvalue weighted by Crippen LogP contribution is 2.71. The first kappa shape index (κ1) is 15.4. The van der Waals surface area contributed by atoms with E-state index in [1.54, 1.807) is 0 Å². The molecule has 0 aromatic rings. The predicted molar refractivity (Wildman–Crippen MR) is 85.2 cm³/mol. The maximum absolute atomic E-state index is 11.0. The van der Waals surface area contributed by atoms with Crippen LogP contribution in [0.5, 0.6) is 0 Å². The third kappa shape index (κ3) is 1.79. The summed E-state index contributed by atoms with van der Waals surface area (Å²) in [4.78, 5) is 0. The molecule has 2 bridgehead atoms. The van der Waals surface area contributed by atoms with Gasteiger partial charge in [-0.15, -0.1) is 0 Å². The number of hydrogen-bond acceptors (Lipinski definition) is 3. The van der Waals surface area contributed by atoms with Crippen LogP contribution in [0.25, 0.3) is 0 Å². The summed E-state index contributed by atoms with van der Waals surface area (Å²) in [6.07, 6.45) is 9.62. The molecule has 3 heteroatoms. The smallest absolute Gasteiger partial charge is 0.0910 e. The van der Waals surface area contributed by atoms with Gasteiger partial charge < -0.3 is 15.3 Å². The molecule has 3 N–H and O–H groups in total. The zero-order valence-corrected chi connectivity index (χ0v) is 14.1. The molecule has 4 saturated carbocycles. The minimum absolute atomic E-state index is 0.0794. The fourth-order valence-electron chi connectivity index (χ4n) is 7.77. The molecule has 1 spiro atoms. The molecule has 126 valence electrons. The summed E-state index contributed by atoms with van der Waals surface area (Å²) in [5, 5.41) is 31.6. The Balaban J connectivity index is 1.72. The second-order valence-corrected chi connectivity index (χ2v) is 9.64. The normalized spacial score (nSPS) is 60.7. The van der Waals surface area contributed by atoms with Crippen molar-refractivity contribution in [3.63, 3.8) is 0 Å². The molecule has 2 unspecified atom stereocenters. The van der Waals surface area contributed by atoms with Gasteiger partial charge in [0.05, 0.1) is 17.8 Å². The monoisotopic (exact) mass is 308 g/mol. The number of hydrogen-bond donors (Lipinski definition) is 3. The van der Waals surface area contributed by atoms with Gasteiger partial charge in [-0.1, -0.05) is 13.3 Å². The van der Waals surface area contributed by atoms with Crippen molar-refractivity contribution < 1.29 is 15.3 Å². The third-order valence-electron chi connectivity index (χ3n) is 8.56. The summed E-state index contributed by atoms with van der Waals surface area (Å²) in [5.74, 6) is 1.31. The van der Waals surface area contributed by atoms with Crippen LogP contribution in [0.2, 0.25) is 0 Å². The number of rotatable bonds is 1. The highest BCUT2D eigenvalue weighted by molar-refractivity contribution is 5.17. The lowest BCUT2D eigenvalue weighted by Crippen LogP contribution is -2.58. The van der Waals surface area contributed by atoms with E-state index in [0.717, 1.165) is 44.9 Å². The van der Waals surface area contributed by atoms with E-state index in [4.69, 9.17) is 0 Å². The summed E-state index contributed by atoms with van der Waals surface area (Å²) >= 11 is 0. The van der Waals surface area contributed by atoms with Crippen LogP contribution in [0, 0.1) is 28.6 Å². The predicted octanol–water partition coefficient (Wildman–Crippen LogP) is 2.87. The van der Waals surface area contributed by atoms with Crippen LogP contribution in [0.4, 0.5) is 0 Å². The number of fused-ring (bicyclic) bond motifs is 3. The van der Waals surface area contributed by atoms with Crippen LogP contribution in [0.15, 0.2) is 0 Å². The molecule has 22 heavy (non-hydrogen) atoms. The lowest BCUT2D eigenvalue weighted by molar-refractivity contribution is -0.180. The molecule has 0 aromatic carbocycles. The highest BCUT2D eigenvalue weighted by Gasteiger charge is 2.67. The van der Waals surface area contributed by atoms with Crippen molar-refractivity contribution in [2.75, 3.05) is 6.61 Å². The van der Waals surface area contributed by atoms with Crippen LogP contribution in [-0.4, -0.2) is 33.1 Å². The minimum Gasteiger partial charge on any atom is -0.393 e. The molecule has 7 atom stereocenters. The molecule has 0 aliphatic heterocycles. The van der Waals surface area contributed by atoms with Crippen molar-refractivity contribution in [2.45, 2.75) is 82.8 Å². The quantitative estimate of drug-likeness (QED) is 0.698. The van der Waals surface area contributed by atoms with Crippen LogP contribution >= 0.6 is 0 Å². The maximum atomic E-state index is 11.0. The Bertz CT molecular complexity index is 475. The van der Waals surface area contributed by atoms with E-state index in [-0.39, 0.29) is 23.4 Å². The van der Waals surface area contributed by atoms with Gasteiger partial charge in [0.25, 0.3) is 0 Å². The molecular weight excluding hydrogens is 276 g/mol. The van der Waals surface area contributed by atoms with Crippen LogP contribution in [0.1, 0.15) is 71.6 Å². The first-order chi connectivity index (χ1) is 10.3. The molecule has 3 nitrogen and oxygen atoms in total. The maximum Gasteiger partial charge on any atom is 0.0910 e. The zero-order valence-electron chi connectivity index (χ0n) is 14.1. The zero-order chi connectivity index (χ0) is 15.8. The van der Waals surface area contributed by atoms with Gasteiger partial charge in [-0.2, -0.15) is 0 Å². The van der Waals surface area contributed by atoms with E-state index < -0.39 is 11.2 Å². The van der Waals surface area contributed by atoms with E-state index in [1.165, 1.54) is 12.8 Å². The summed E-state index contributed by atoms with van der Waals surface area (Å²) < 4.78 is 0. The van der Waals surface area contributed by atoms with Crippen molar-refractivity contribution in [1.82, 2.24) is 0 Å². The van der Waals surface area contributed by atoms with Gasteiger partial charge in [0.15, 0.2) is 0 Å². The first-order valence-electron chi connectivity index (χ1n) is 9.31. The van der Waals surface area contributed by atoms with Crippen LogP contribution < -0.4 is 0 Å². The molecule has 0 aromatic heterocycles. The standard InChI is InChI=1S/C19H32O3/c1-16-7-3-8-17(2,21)14(16)6-9-18-10-13(4-5-15(16)18)19(22,11-18)12-20/h13-15,20-22H,3-12H2,1-2H3/t13-,14+,15?,16-,17-,18?,19-/m1/s1. The molecule has 4 fully saturated rings. The summed E-state index contributed by atoms with van der Waals surface area (Å²) in [6, 6.07) is 0. The molecular formula is C19H32O3. The molecule has 4 rings (SSSR count). The summed E-state index contributed by atoms with van der Waals surface area (Å²) in [5.41, 5.74) is -0.919. The molecule has 0 radical (unpaired) electrons. The Kier molecular flexibility index (Phi) is 3.14. The highest BCUT2D eigenvalue weighted by atomic mass is 16.3. The van der Waals surface area contributed by atoms with Crippen LogP contribution in [0.3, 0.4) is 0 Å². The second kappa shape index (κ2) is 4.49. The number of aliphatic hydroxyl groups excluding tert-OH is 1. The van der Waals surface area contributed by atoms with Gasteiger partial charge in [0.1, 0.15) is 0 Å². The molecule has 0 saturated heterocycles. The lowest BCUT2D eigenvalue weighted by Gasteiger charge is -2.63. The van der Waals surface area contributed by atoms with Crippen molar-refractivity contribution in [3.05, 3.63) is 0 Å². The fourth-order valence-corrected chi connectivity index (χ4v) is 7.77. The van der Waals surface area contributed by atoms with E-state index in [9.17, 15) is 15.3 Å². The Hall–Kier alpha value is -0.120. The Morgan fingerprint density at radius 1 is 0.955 bits per heavy atom. The molecule has 0 heterocycles. The van der Waals surface area contributed by atoms with Crippen molar-refractivity contribution in [3.8, 4) is 0 Å². The Morgan fingerprint density at radius 3 is 2.45 bits per heavy atom. The SMILES string of the molecule is C[C@@]12CCC[C@@](C)(O)[C@H]1CCC13C[C@@H](CCC12)[C@](O)(CO)C3. The minimum atomic E-state index is -0.838. The van der Waals surface area contributed by atoms with E-state index in [1.807, 2.05) is 0 Å². The van der Waals surface area contributed by atoms with Gasteiger partial charge in [-0.05, 0) is 86.9 Å². The lowest BCUT2D eigenvalue weighted by atomic mass is 9.43. The van der Waals surface area contributed by atoms with E-state index in [2.05, 4.69) is 13.8 Å². The van der Waals surface area contributed by atoms with Gasteiger partial charge in [0.2, 0.25) is 0 Å². The summed E-state index contributed by atoms with van der Waals surface area (Å²) in [7, 11) is 0. The third-order valence-corrected chi connectivity index (χ3v) is 8.56. The van der Waals surface area contributed by atoms with Crippen LogP contribution in [-0.2, 0) is 0 Å². The molecule has 4 aliphatic carbocycles. The van der Waals surface area contributed by atoms with Crippen molar-refractivity contribution in [2.24, 2.45) is 28.6 Å². The van der Waals surface area contributed by atoms with Crippen molar-refractivity contribution in [1.29, 1.82) is 0 Å². The summed E-state index contributed by atoms with van der Waals surface area (Å²) in [6.45, 7) is 4.40. The average Bonchev–Trinajstić information content (AvgIpc) is 2.65. The van der Waals surface area contributed by atoms with Gasteiger partial charge in [0, 0.05) is 0 Å². The Labute approximate surface area is 134 Å². The fraction of sp³-hybridized carbons (Fsp3) is 1.00. The van der Waals surface area contributed by atoms with Gasteiger partial charge in [-0.25, -0.2) is 0 Å². The number of aliphatic hydroxyl groups is 3. The van der Waals surface area contributed by atoms with E-state index >= 15 is 0 Å². The van der Waals surface area contributed by atoms with Gasteiger partial charge in [-0.3, -0.25) is 0 Å². The van der Waals surface area contributed by atoms with Crippen molar-refractivity contribution >= 4 is 0 Å². The second-order valence-electron chi connectivity index (χ2n) is 9.64. The van der Waals surface area contributed by atoms with E-state index in [0.29, 0.717) is 11.8 Å². The topological polar surface area (TPSA) is 60.7 Å². The molecule has 4 aliphatic rings. The first-order valence-corrected chi connectivity index (χ1v) is 9.31. The van der Waals surface area contributed by atoms with Gasteiger partial charge >= 0.3 is 0 Å².